The summed E-state index contributed by atoms with van der Waals surface area (Å²) in [5.74, 6) is 0.968. The van der Waals surface area contributed by atoms with Gasteiger partial charge in [0.1, 0.15) is 5.75 Å². The zero-order chi connectivity index (χ0) is 11.4. The number of halogens is 1. The second kappa shape index (κ2) is 5.66. The lowest BCUT2D eigenvalue weighted by atomic mass is 10.0. The Balaban J connectivity index is 2.09. The third-order valence-electron chi connectivity index (χ3n) is 2.74. The molecule has 1 heterocycles. The molecule has 1 unspecified atom stereocenters. The van der Waals surface area contributed by atoms with Crippen LogP contribution in [0.5, 0.6) is 5.75 Å². The summed E-state index contributed by atoms with van der Waals surface area (Å²) in [4.78, 5) is 0. The Kier molecular flexibility index (Phi) is 4.21. The van der Waals surface area contributed by atoms with Gasteiger partial charge in [-0.3, -0.25) is 0 Å². The van der Waals surface area contributed by atoms with Gasteiger partial charge in [-0.15, -0.1) is 0 Å². The van der Waals surface area contributed by atoms with Crippen molar-refractivity contribution in [1.82, 2.24) is 5.32 Å². The molecule has 2 rings (SSSR count). The van der Waals surface area contributed by atoms with Crippen molar-refractivity contribution < 1.29 is 9.84 Å². The van der Waals surface area contributed by atoms with Gasteiger partial charge in [-0.1, -0.05) is 15.9 Å². The molecule has 0 spiro atoms. The van der Waals surface area contributed by atoms with Crippen LogP contribution >= 0.6 is 15.9 Å². The fourth-order valence-electron chi connectivity index (χ4n) is 1.93. The maximum Gasteiger partial charge on any atom is 0.124 e. The first-order valence-corrected chi connectivity index (χ1v) is 6.37. The molecule has 1 aliphatic heterocycles. The molecule has 1 aliphatic rings. The average molecular weight is 286 g/mol. The second-order valence-corrected chi connectivity index (χ2v) is 4.82. The Morgan fingerprint density at radius 3 is 3.19 bits per heavy atom. The molecule has 0 bridgehead atoms. The molecule has 1 aromatic rings. The molecule has 88 valence electrons. The summed E-state index contributed by atoms with van der Waals surface area (Å²) in [5, 5.41) is 12.2. The van der Waals surface area contributed by atoms with Gasteiger partial charge in [0, 0.05) is 29.1 Å². The molecule has 0 saturated heterocycles. The van der Waals surface area contributed by atoms with Crippen LogP contribution in [0.2, 0.25) is 0 Å². The minimum absolute atomic E-state index is 0.238. The van der Waals surface area contributed by atoms with E-state index in [1.807, 2.05) is 12.1 Å². The molecule has 0 aliphatic carbocycles. The minimum atomic E-state index is 0.238. The van der Waals surface area contributed by atoms with Crippen molar-refractivity contribution in [2.75, 3.05) is 19.8 Å². The fourth-order valence-corrected chi connectivity index (χ4v) is 2.31. The first kappa shape index (κ1) is 11.9. The number of nitrogens with one attached hydrogen (secondary N) is 1. The van der Waals surface area contributed by atoms with Crippen molar-refractivity contribution in [3.63, 3.8) is 0 Å². The van der Waals surface area contributed by atoms with Gasteiger partial charge in [0.2, 0.25) is 0 Å². The maximum atomic E-state index is 8.76. The molecule has 16 heavy (non-hydrogen) atoms. The number of hydrogen-bond acceptors (Lipinski definition) is 3. The van der Waals surface area contributed by atoms with E-state index < -0.39 is 0 Å². The van der Waals surface area contributed by atoms with E-state index in [1.165, 1.54) is 5.56 Å². The second-order valence-electron chi connectivity index (χ2n) is 3.90. The number of aliphatic hydroxyl groups excluding tert-OH is 1. The summed E-state index contributed by atoms with van der Waals surface area (Å²) in [7, 11) is 0. The monoisotopic (exact) mass is 285 g/mol. The van der Waals surface area contributed by atoms with Crippen LogP contribution in [0.15, 0.2) is 22.7 Å². The number of hydrogen-bond donors (Lipinski definition) is 2. The Morgan fingerprint density at radius 2 is 2.38 bits per heavy atom. The largest absolute Gasteiger partial charge is 0.493 e. The van der Waals surface area contributed by atoms with Gasteiger partial charge in [-0.2, -0.15) is 0 Å². The molecule has 0 saturated carbocycles. The van der Waals surface area contributed by atoms with Gasteiger partial charge >= 0.3 is 0 Å². The topological polar surface area (TPSA) is 41.5 Å². The van der Waals surface area contributed by atoms with Crippen LogP contribution in [-0.2, 0) is 0 Å². The zero-order valence-corrected chi connectivity index (χ0v) is 10.7. The van der Waals surface area contributed by atoms with Crippen molar-refractivity contribution in [2.45, 2.75) is 18.9 Å². The highest BCUT2D eigenvalue weighted by molar-refractivity contribution is 9.10. The van der Waals surface area contributed by atoms with E-state index in [-0.39, 0.29) is 6.61 Å². The summed E-state index contributed by atoms with van der Waals surface area (Å²) in [6.07, 6.45) is 1.77. The Hall–Kier alpha value is -0.580. The molecule has 2 N–H and O–H groups in total. The molecule has 0 radical (unpaired) electrons. The summed E-state index contributed by atoms with van der Waals surface area (Å²) >= 11 is 3.48. The van der Waals surface area contributed by atoms with E-state index >= 15 is 0 Å². The summed E-state index contributed by atoms with van der Waals surface area (Å²) in [6, 6.07) is 6.44. The molecule has 0 amide bonds. The highest BCUT2D eigenvalue weighted by atomic mass is 79.9. The van der Waals surface area contributed by atoms with Gasteiger partial charge in [0.15, 0.2) is 0 Å². The maximum absolute atomic E-state index is 8.76. The Labute approximate surface area is 104 Å². The molecule has 3 nitrogen and oxygen atoms in total. The SMILES string of the molecule is OCCCNC1CCOc2ccc(Br)cc21. The van der Waals surface area contributed by atoms with Crippen molar-refractivity contribution in [2.24, 2.45) is 0 Å². The van der Waals surface area contributed by atoms with E-state index in [9.17, 15) is 0 Å². The normalized spacial score (nSPS) is 19.0. The first-order chi connectivity index (χ1) is 7.81. The van der Waals surface area contributed by atoms with Gasteiger partial charge in [-0.05, 0) is 31.2 Å². The lowest BCUT2D eigenvalue weighted by molar-refractivity contribution is 0.245. The number of benzene rings is 1. The minimum Gasteiger partial charge on any atom is -0.493 e. The molecule has 4 heteroatoms. The van der Waals surface area contributed by atoms with Crippen LogP contribution in [0.4, 0.5) is 0 Å². The molecule has 1 atom stereocenters. The number of rotatable bonds is 4. The van der Waals surface area contributed by atoms with Crippen LogP contribution < -0.4 is 10.1 Å². The first-order valence-electron chi connectivity index (χ1n) is 5.58. The molecular formula is C12H16BrNO2. The fraction of sp³-hybridized carbons (Fsp3) is 0.500. The standard InChI is InChI=1S/C12H16BrNO2/c13-9-2-3-12-10(8-9)11(4-7-16-12)14-5-1-6-15/h2-3,8,11,14-15H,1,4-7H2. The van der Waals surface area contributed by atoms with Gasteiger partial charge in [-0.25, -0.2) is 0 Å². The highest BCUT2D eigenvalue weighted by Crippen LogP contribution is 2.33. The van der Waals surface area contributed by atoms with Crippen LogP contribution in [0, 0.1) is 0 Å². The van der Waals surface area contributed by atoms with Crippen molar-refractivity contribution in [3.8, 4) is 5.75 Å². The molecule has 0 aromatic heterocycles. The van der Waals surface area contributed by atoms with Crippen molar-refractivity contribution >= 4 is 15.9 Å². The zero-order valence-electron chi connectivity index (χ0n) is 9.08. The van der Waals surface area contributed by atoms with Crippen LogP contribution in [0.1, 0.15) is 24.4 Å². The quantitative estimate of drug-likeness (QED) is 0.834. The predicted molar refractivity (Wildman–Crippen MR) is 66.7 cm³/mol. The van der Waals surface area contributed by atoms with E-state index in [0.717, 1.165) is 36.2 Å². The summed E-state index contributed by atoms with van der Waals surface area (Å²) in [5.41, 5.74) is 1.21. The third-order valence-corrected chi connectivity index (χ3v) is 3.23. The van der Waals surface area contributed by atoms with E-state index in [4.69, 9.17) is 9.84 Å². The lowest BCUT2D eigenvalue weighted by Crippen LogP contribution is -2.28. The number of aliphatic hydroxyl groups is 1. The van der Waals surface area contributed by atoms with Crippen molar-refractivity contribution in [3.05, 3.63) is 28.2 Å². The van der Waals surface area contributed by atoms with E-state index in [0.29, 0.717) is 6.04 Å². The summed E-state index contributed by atoms with van der Waals surface area (Å²) < 4.78 is 6.68. The average Bonchev–Trinajstić information content (AvgIpc) is 2.30. The van der Waals surface area contributed by atoms with Gasteiger partial charge in [0.05, 0.1) is 6.61 Å². The predicted octanol–water partition coefficient (Wildman–Crippen LogP) is 2.24. The van der Waals surface area contributed by atoms with E-state index in [1.54, 1.807) is 0 Å². The Bertz CT molecular complexity index is 357. The van der Waals surface area contributed by atoms with Gasteiger partial charge in [0.25, 0.3) is 0 Å². The number of ether oxygens (including phenoxy) is 1. The van der Waals surface area contributed by atoms with Crippen molar-refractivity contribution in [1.29, 1.82) is 0 Å². The molecule has 0 fully saturated rings. The highest BCUT2D eigenvalue weighted by Gasteiger charge is 2.20. The van der Waals surface area contributed by atoms with Crippen LogP contribution in [0.25, 0.3) is 0 Å². The van der Waals surface area contributed by atoms with Gasteiger partial charge < -0.3 is 15.2 Å². The Morgan fingerprint density at radius 1 is 1.50 bits per heavy atom. The lowest BCUT2D eigenvalue weighted by Gasteiger charge is -2.27. The van der Waals surface area contributed by atoms with Crippen LogP contribution in [0.3, 0.4) is 0 Å². The molecular weight excluding hydrogens is 270 g/mol. The van der Waals surface area contributed by atoms with Crippen LogP contribution in [-0.4, -0.2) is 24.9 Å². The smallest absolute Gasteiger partial charge is 0.124 e. The summed E-state index contributed by atoms with van der Waals surface area (Å²) in [6.45, 7) is 1.83. The number of fused-ring (bicyclic) bond motifs is 1. The third kappa shape index (κ3) is 2.75. The molecule has 1 aromatic carbocycles. The van der Waals surface area contributed by atoms with E-state index in [2.05, 4.69) is 27.3 Å².